The number of ether oxygens (including phenoxy) is 1. The zero-order chi connectivity index (χ0) is 25.8. The molecule has 1 aliphatic rings. The number of anilines is 2. The van der Waals surface area contributed by atoms with Gasteiger partial charge in [0.2, 0.25) is 11.8 Å². The molecule has 0 spiro atoms. The van der Waals surface area contributed by atoms with E-state index in [1.54, 1.807) is 25.6 Å². The third-order valence-corrected chi connectivity index (χ3v) is 6.30. The second-order valence-corrected chi connectivity index (χ2v) is 8.63. The van der Waals surface area contributed by atoms with Gasteiger partial charge in [-0.3, -0.25) is 4.90 Å². The number of alkyl halides is 3. The predicted octanol–water partition coefficient (Wildman–Crippen LogP) is 4.35. The molecule has 5 rings (SSSR count). The van der Waals surface area contributed by atoms with Crippen molar-refractivity contribution >= 4 is 22.7 Å². The molecule has 0 aliphatic carbocycles. The van der Waals surface area contributed by atoms with Gasteiger partial charge in [-0.05, 0) is 17.7 Å². The first-order chi connectivity index (χ1) is 17.9. The zero-order valence-corrected chi connectivity index (χ0v) is 20.2. The quantitative estimate of drug-likeness (QED) is 0.394. The summed E-state index contributed by atoms with van der Waals surface area (Å²) in [5.41, 5.74) is 0.744. The minimum atomic E-state index is -4.53. The number of nitrogens with zero attached hydrogens (tertiary/aromatic N) is 6. The first-order valence-electron chi connectivity index (χ1n) is 11.9. The van der Waals surface area contributed by atoms with Gasteiger partial charge in [0, 0.05) is 68.7 Å². The number of benzene rings is 1. The molecule has 0 radical (unpaired) electrons. The predicted molar refractivity (Wildman–Crippen MR) is 136 cm³/mol. The molecule has 3 aromatic heterocycles. The Morgan fingerprint density at radius 2 is 1.73 bits per heavy atom. The van der Waals surface area contributed by atoms with Crippen molar-refractivity contribution in [2.45, 2.75) is 6.18 Å². The molecule has 4 heterocycles. The van der Waals surface area contributed by atoms with Crippen molar-refractivity contribution in [1.82, 2.24) is 24.8 Å². The van der Waals surface area contributed by atoms with Crippen molar-refractivity contribution < 1.29 is 17.9 Å². The summed E-state index contributed by atoms with van der Waals surface area (Å²) in [7, 11) is 1.56. The Morgan fingerprint density at radius 3 is 2.46 bits per heavy atom. The van der Waals surface area contributed by atoms with Crippen molar-refractivity contribution in [3.8, 4) is 17.0 Å². The number of fused-ring (bicyclic) bond motifs is 1. The number of pyridine rings is 2. The van der Waals surface area contributed by atoms with Crippen molar-refractivity contribution in [1.29, 1.82) is 0 Å². The maximum Gasteiger partial charge on any atom is 0.433 e. The Morgan fingerprint density at radius 1 is 0.946 bits per heavy atom. The number of methoxy groups -OCH3 is 1. The van der Waals surface area contributed by atoms with E-state index in [0.29, 0.717) is 53.7 Å². The van der Waals surface area contributed by atoms with Gasteiger partial charge in [0.15, 0.2) is 0 Å². The standard InChI is InChI=1S/C26H26F3N7O/c1-37-22-9-10-30-25(34-22)31-11-12-35-13-15-36(16-14-35)24-19-7-8-21(26(27,28)29)33-23(19)20(17-32-24)18-5-3-2-4-6-18/h2-10,17H,11-16H2,1H3,(H,30,31,34). The molecule has 1 N–H and O–H groups in total. The normalized spacial score (nSPS) is 14.6. The van der Waals surface area contributed by atoms with E-state index in [1.807, 2.05) is 30.3 Å². The van der Waals surface area contributed by atoms with Crippen molar-refractivity contribution in [2.75, 3.05) is 56.6 Å². The molecule has 1 aromatic carbocycles. The minimum Gasteiger partial charge on any atom is -0.481 e. The van der Waals surface area contributed by atoms with E-state index >= 15 is 0 Å². The van der Waals surface area contributed by atoms with Crippen molar-refractivity contribution in [3.05, 3.63) is 66.6 Å². The molecule has 4 aromatic rings. The van der Waals surface area contributed by atoms with E-state index in [1.165, 1.54) is 6.07 Å². The van der Waals surface area contributed by atoms with Gasteiger partial charge in [0.1, 0.15) is 11.5 Å². The Labute approximate surface area is 212 Å². The van der Waals surface area contributed by atoms with Gasteiger partial charge in [0.25, 0.3) is 0 Å². The fraction of sp³-hybridized carbons (Fsp3) is 0.308. The Bertz CT molecular complexity index is 1360. The van der Waals surface area contributed by atoms with Gasteiger partial charge in [0.05, 0.1) is 12.6 Å². The van der Waals surface area contributed by atoms with Gasteiger partial charge < -0.3 is 15.0 Å². The minimum absolute atomic E-state index is 0.302. The lowest BCUT2D eigenvalue weighted by molar-refractivity contribution is -0.140. The SMILES string of the molecule is COc1ccnc(NCCN2CCN(c3ncc(-c4ccccc4)c4nc(C(F)(F)F)ccc34)CC2)n1. The number of hydrogen-bond donors (Lipinski definition) is 1. The van der Waals surface area contributed by atoms with E-state index in [2.05, 4.69) is 35.1 Å². The Balaban J connectivity index is 1.31. The average Bonchev–Trinajstić information content (AvgIpc) is 2.93. The molecule has 1 saturated heterocycles. The highest BCUT2D eigenvalue weighted by molar-refractivity contribution is 5.99. The first-order valence-corrected chi connectivity index (χ1v) is 11.9. The molecule has 0 amide bonds. The van der Waals surface area contributed by atoms with Crippen LogP contribution in [0.2, 0.25) is 0 Å². The van der Waals surface area contributed by atoms with E-state index < -0.39 is 11.9 Å². The smallest absolute Gasteiger partial charge is 0.433 e. The summed E-state index contributed by atoms with van der Waals surface area (Å²) in [5, 5.41) is 3.81. The summed E-state index contributed by atoms with van der Waals surface area (Å²) in [6.45, 7) is 4.44. The summed E-state index contributed by atoms with van der Waals surface area (Å²) in [5.74, 6) is 1.66. The summed E-state index contributed by atoms with van der Waals surface area (Å²) in [6.07, 6.45) is -1.26. The molecule has 0 bridgehead atoms. The summed E-state index contributed by atoms with van der Waals surface area (Å²) >= 11 is 0. The van der Waals surface area contributed by atoms with Gasteiger partial charge in [-0.15, -0.1) is 0 Å². The molecular weight excluding hydrogens is 483 g/mol. The third kappa shape index (κ3) is 5.56. The van der Waals surface area contributed by atoms with E-state index in [-0.39, 0.29) is 0 Å². The van der Waals surface area contributed by atoms with Crippen LogP contribution in [0.15, 0.2) is 60.9 Å². The fourth-order valence-corrected chi connectivity index (χ4v) is 4.39. The Kier molecular flexibility index (Phi) is 7.04. The highest BCUT2D eigenvalue weighted by Gasteiger charge is 2.33. The van der Waals surface area contributed by atoms with Crippen LogP contribution < -0.4 is 15.0 Å². The van der Waals surface area contributed by atoms with E-state index in [9.17, 15) is 13.2 Å². The zero-order valence-electron chi connectivity index (χ0n) is 20.2. The van der Waals surface area contributed by atoms with Gasteiger partial charge in [-0.1, -0.05) is 30.3 Å². The highest BCUT2D eigenvalue weighted by Crippen LogP contribution is 2.36. The topological polar surface area (TPSA) is 79.3 Å². The van der Waals surface area contributed by atoms with Crippen LogP contribution in [0, 0.1) is 0 Å². The molecule has 0 atom stereocenters. The molecule has 1 aliphatic heterocycles. The average molecular weight is 510 g/mol. The van der Waals surface area contributed by atoms with E-state index in [4.69, 9.17) is 4.74 Å². The molecular formula is C26H26F3N7O. The lowest BCUT2D eigenvalue weighted by Gasteiger charge is -2.36. The fourth-order valence-electron chi connectivity index (χ4n) is 4.39. The lowest BCUT2D eigenvalue weighted by atomic mass is 10.0. The molecule has 192 valence electrons. The van der Waals surface area contributed by atoms with Gasteiger partial charge in [-0.2, -0.15) is 18.2 Å². The summed E-state index contributed by atoms with van der Waals surface area (Å²) in [6, 6.07) is 13.5. The molecule has 37 heavy (non-hydrogen) atoms. The second kappa shape index (κ2) is 10.6. The molecule has 0 unspecified atom stereocenters. The molecule has 1 fully saturated rings. The van der Waals surface area contributed by atoms with Crippen LogP contribution in [-0.2, 0) is 6.18 Å². The second-order valence-electron chi connectivity index (χ2n) is 8.63. The van der Waals surface area contributed by atoms with Crippen LogP contribution in [-0.4, -0.2) is 71.2 Å². The third-order valence-electron chi connectivity index (χ3n) is 6.30. The number of aromatic nitrogens is 4. The number of rotatable bonds is 7. The first kappa shape index (κ1) is 24.7. The van der Waals surface area contributed by atoms with Crippen LogP contribution in [0.3, 0.4) is 0 Å². The summed E-state index contributed by atoms with van der Waals surface area (Å²) in [4.78, 5) is 21.6. The number of halogens is 3. The van der Waals surface area contributed by atoms with Crippen LogP contribution >= 0.6 is 0 Å². The Hall–Kier alpha value is -3.99. The van der Waals surface area contributed by atoms with Crippen LogP contribution in [0.25, 0.3) is 22.0 Å². The number of nitrogens with one attached hydrogen (secondary N) is 1. The van der Waals surface area contributed by atoms with Crippen molar-refractivity contribution in [3.63, 3.8) is 0 Å². The molecule has 0 saturated carbocycles. The monoisotopic (exact) mass is 509 g/mol. The van der Waals surface area contributed by atoms with Crippen LogP contribution in [0.4, 0.5) is 24.9 Å². The summed E-state index contributed by atoms with van der Waals surface area (Å²) < 4.78 is 45.6. The highest BCUT2D eigenvalue weighted by atomic mass is 19.4. The largest absolute Gasteiger partial charge is 0.481 e. The number of piperazine rings is 1. The van der Waals surface area contributed by atoms with Crippen molar-refractivity contribution in [2.24, 2.45) is 0 Å². The maximum atomic E-state index is 13.5. The lowest BCUT2D eigenvalue weighted by Crippen LogP contribution is -2.48. The van der Waals surface area contributed by atoms with E-state index in [0.717, 1.165) is 31.3 Å². The van der Waals surface area contributed by atoms with Gasteiger partial charge in [-0.25, -0.2) is 15.0 Å². The van der Waals surface area contributed by atoms with Crippen LogP contribution in [0.1, 0.15) is 5.69 Å². The van der Waals surface area contributed by atoms with Gasteiger partial charge >= 0.3 is 6.18 Å². The maximum absolute atomic E-state index is 13.5. The molecule has 11 heteroatoms. The molecule has 8 nitrogen and oxygen atoms in total. The van der Waals surface area contributed by atoms with Crippen LogP contribution in [0.5, 0.6) is 5.88 Å². The number of hydrogen-bond acceptors (Lipinski definition) is 8.